The number of aromatic carboxylic acids is 1. The van der Waals surface area contributed by atoms with Gasteiger partial charge in [-0.05, 0) is 0 Å². The number of carbonyl (C=O) groups is 1. The minimum Gasteiger partial charge on any atom is -0.477 e. The van der Waals surface area contributed by atoms with Crippen LogP contribution in [0.15, 0.2) is 18.6 Å². The van der Waals surface area contributed by atoms with E-state index in [9.17, 15) is 14.9 Å². The number of aryl methyl sites for hydroxylation is 1. The Bertz CT molecular complexity index is 614. The van der Waals surface area contributed by atoms with Gasteiger partial charge in [-0.1, -0.05) is 0 Å². The molecular formula is C9H9N5O4. The summed E-state index contributed by atoms with van der Waals surface area (Å²) in [5.74, 6) is -0.728. The third-order valence-electron chi connectivity index (χ3n) is 2.43. The number of aromatic nitrogens is 4. The Labute approximate surface area is 100 Å². The second-order valence-corrected chi connectivity index (χ2v) is 3.63. The number of carboxylic acid groups (broad SMARTS) is 1. The average Bonchev–Trinajstić information content (AvgIpc) is 2.87. The summed E-state index contributed by atoms with van der Waals surface area (Å²) >= 11 is 0. The van der Waals surface area contributed by atoms with Crippen LogP contribution in [0.25, 0.3) is 0 Å². The van der Waals surface area contributed by atoms with Crippen LogP contribution >= 0.6 is 0 Å². The lowest BCUT2D eigenvalue weighted by molar-refractivity contribution is -0.384. The Morgan fingerprint density at radius 2 is 2.33 bits per heavy atom. The minimum absolute atomic E-state index is 0.103. The highest BCUT2D eigenvalue weighted by atomic mass is 16.6. The predicted molar refractivity (Wildman–Crippen MR) is 58.2 cm³/mol. The van der Waals surface area contributed by atoms with Crippen molar-refractivity contribution in [3.8, 4) is 0 Å². The van der Waals surface area contributed by atoms with Gasteiger partial charge in [-0.25, -0.2) is 4.79 Å². The van der Waals surface area contributed by atoms with Gasteiger partial charge in [-0.15, -0.1) is 10.2 Å². The molecule has 0 aliphatic carbocycles. The predicted octanol–water partition coefficient (Wildman–Crippen LogP) is 0.271. The molecule has 0 aliphatic heterocycles. The van der Waals surface area contributed by atoms with Gasteiger partial charge in [0.05, 0.1) is 17.7 Å². The second-order valence-electron chi connectivity index (χ2n) is 3.63. The molecule has 0 atom stereocenters. The van der Waals surface area contributed by atoms with Crippen LogP contribution < -0.4 is 0 Å². The lowest BCUT2D eigenvalue weighted by Crippen LogP contribution is -2.11. The highest BCUT2D eigenvalue weighted by Crippen LogP contribution is 2.17. The molecule has 0 bridgehead atoms. The fourth-order valence-corrected chi connectivity index (χ4v) is 1.51. The second kappa shape index (κ2) is 4.28. The maximum absolute atomic E-state index is 11.0. The van der Waals surface area contributed by atoms with Crippen molar-refractivity contribution >= 4 is 11.7 Å². The van der Waals surface area contributed by atoms with Crippen molar-refractivity contribution in [2.24, 2.45) is 7.05 Å². The molecule has 0 saturated heterocycles. The van der Waals surface area contributed by atoms with E-state index in [1.165, 1.54) is 10.9 Å². The fraction of sp³-hybridized carbons (Fsp3) is 0.222. The molecule has 1 N–H and O–H groups in total. The highest BCUT2D eigenvalue weighted by Gasteiger charge is 2.19. The molecule has 2 aromatic heterocycles. The van der Waals surface area contributed by atoms with Gasteiger partial charge >= 0.3 is 5.97 Å². The first-order valence-electron chi connectivity index (χ1n) is 4.89. The molecule has 0 amide bonds. The Hall–Kier alpha value is -2.71. The summed E-state index contributed by atoms with van der Waals surface area (Å²) in [7, 11) is 1.70. The Morgan fingerprint density at radius 3 is 2.83 bits per heavy atom. The molecule has 94 valence electrons. The maximum atomic E-state index is 11.0. The van der Waals surface area contributed by atoms with E-state index in [1.807, 2.05) is 0 Å². The summed E-state index contributed by atoms with van der Waals surface area (Å²) in [4.78, 5) is 21.0. The van der Waals surface area contributed by atoms with Crippen LogP contribution in [0.4, 0.5) is 5.69 Å². The molecule has 0 spiro atoms. The van der Waals surface area contributed by atoms with Crippen LogP contribution in [0.2, 0.25) is 0 Å². The quantitative estimate of drug-likeness (QED) is 0.615. The van der Waals surface area contributed by atoms with E-state index in [1.54, 1.807) is 11.6 Å². The van der Waals surface area contributed by atoms with Crippen LogP contribution in [0.3, 0.4) is 0 Å². The summed E-state index contributed by atoms with van der Waals surface area (Å²) in [6.45, 7) is 0.103. The largest absolute Gasteiger partial charge is 0.477 e. The zero-order chi connectivity index (χ0) is 13.3. The van der Waals surface area contributed by atoms with E-state index < -0.39 is 10.9 Å². The number of hydrogen-bond donors (Lipinski definition) is 1. The van der Waals surface area contributed by atoms with Crippen LogP contribution in [0, 0.1) is 10.1 Å². The number of nitrogens with zero attached hydrogens (tertiary/aromatic N) is 5. The molecule has 9 heteroatoms. The SMILES string of the molecule is Cn1cnnc1Cn1cc([N+](=O)[O-])cc1C(=O)O. The van der Waals surface area contributed by atoms with Gasteiger partial charge in [0.2, 0.25) is 0 Å². The van der Waals surface area contributed by atoms with Gasteiger partial charge in [0.1, 0.15) is 12.0 Å². The summed E-state index contributed by atoms with van der Waals surface area (Å²) in [5, 5.41) is 27.0. The molecule has 0 fully saturated rings. The van der Waals surface area contributed by atoms with E-state index in [-0.39, 0.29) is 17.9 Å². The molecule has 2 aromatic rings. The lowest BCUT2D eigenvalue weighted by atomic mass is 10.4. The topological polar surface area (TPSA) is 116 Å². The van der Waals surface area contributed by atoms with E-state index in [0.29, 0.717) is 5.82 Å². The fourth-order valence-electron chi connectivity index (χ4n) is 1.51. The van der Waals surface area contributed by atoms with Crippen LogP contribution in [0.1, 0.15) is 16.3 Å². The summed E-state index contributed by atoms with van der Waals surface area (Å²) < 4.78 is 2.86. The van der Waals surface area contributed by atoms with Crippen molar-refractivity contribution in [3.05, 3.63) is 40.2 Å². The average molecular weight is 251 g/mol. The molecule has 0 saturated carbocycles. The molecule has 0 radical (unpaired) electrons. The van der Waals surface area contributed by atoms with Gasteiger partial charge in [0.15, 0.2) is 5.82 Å². The Kier molecular flexibility index (Phi) is 2.80. The first kappa shape index (κ1) is 11.8. The first-order valence-corrected chi connectivity index (χ1v) is 4.89. The van der Waals surface area contributed by atoms with E-state index in [4.69, 9.17) is 5.11 Å². The van der Waals surface area contributed by atoms with E-state index in [2.05, 4.69) is 10.2 Å². The third kappa shape index (κ3) is 2.05. The van der Waals surface area contributed by atoms with Gasteiger partial charge < -0.3 is 14.2 Å². The van der Waals surface area contributed by atoms with Crippen molar-refractivity contribution < 1.29 is 14.8 Å². The third-order valence-corrected chi connectivity index (χ3v) is 2.43. The van der Waals surface area contributed by atoms with Crippen molar-refractivity contribution in [1.29, 1.82) is 0 Å². The Balaban J connectivity index is 2.40. The van der Waals surface area contributed by atoms with Crippen molar-refractivity contribution in [3.63, 3.8) is 0 Å². The number of nitro groups is 1. The molecule has 9 nitrogen and oxygen atoms in total. The number of carboxylic acids is 1. The van der Waals surface area contributed by atoms with E-state index >= 15 is 0 Å². The van der Waals surface area contributed by atoms with Gasteiger partial charge in [-0.2, -0.15) is 0 Å². The molecule has 0 unspecified atom stereocenters. The van der Waals surface area contributed by atoms with E-state index in [0.717, 1.165) is 12.3 Å². The molecular weight excluding hydrogens is 242 g/mol. The molecule has 2 rings (SSSR count). The smallest absolute Gasteiger partial charge is 0.352 e. The minimum atomic E-state index is -1.23. The Morgan fingerprint density at radius 1 is 1.61 bits per heavy atom. The molecule has 18 heavy (non-hydrogen) atoms. The van der Waals surface area contributed by atoms with Crippen molar-refractivity contribution in [2.75, 3.05) is 0 Å². The standard InChI is InChI=1S/C9H9N5O4/c1-12-5-10-11-8(12)4-13-3-6(14(17)18)2-7(13)9(15)16/h2-3,5H,4H2,1H3,(H,15,16). The number of hydrogen-bond acceptors (Lipinski definition) is 5. The van der Waals surface area contributed by atoms with Crippen molar-refractivity contribution in [2.45, 2.75) is 6.54 Å². The zero-order valence-corrected chi connectivity index (χ0v) is 9.35. The normalized spacial score (nSPS) is 10.5. The molecule has 2 heterocycles. The van der Waals surface area contributed by atoms with Crippen LogP contribution in [0.5, 0.6) is 0 Å². The summed E-state index contributed by atoms with van der Waals surface area (Å²) in [6.07, 6.45) is 2.63. The molecule has 0 aliphatic rings. The molecule has 0 aromatic carbocycles. The van der Waals surface area contributed by atoms with Gasteiger partial charge in [0.25, 0.3) is 5.69 Å². The van der Waals surface area contributed by atoms with Crippen LogP contribution in [-0.2, 0) is 13.6 Å². The summed E-state index contributed by atoms with van der Waals surface area (Å²) in [5.41, 5.74) is -0.431. The van der Waals surface area contributed by atoms with Crippen molar-refractivity contribution in [1.82, 2.24) is 19.3 Å². The van der Waals surface area contributed by atoms with Gasteiger partial charge in [-0.3, -0.25) is 10.1 Å². The monoisotopic (exact) mass is 251 g/mol. The van der Waals surface area contributed by atoms with Gasteiger partial charge in [0, 0.05) is 13.1 Å². The highest BCUT2D eigenvalue weighted by molar-refractivity contribution is 5.86. The zero-order valence-electron chi connectivity index (χ0n) is 9.35. The maximum Gasteiger partial charge on any atom is 0.352 e. The first-order chi connectivity index (χ1) is 8.49. The summed E-state index contributed by atoms with van der Waals surface area (Å²) in [6, 6.07) is 1.01. The van der Waals surface area contributed by atoms with Crippen LogP contribution in [-0.4, -0.2) is 35.3 Å². The lowest BCUT2D eigenvalue weighted by Gasteiger charge is -2.04. The number of rotatable bonds is 4.